The highest BCUT2D eigenvalue weighted by atomic mass is 16.5. The van der Waals surface area contributed by atoms with Crippen LogP contribution >= 0.6 is 0 Å². The second-order valence-corrected chi connectivity index (χ2v) is 6.28. The second-order valence-electron chi connectivity index (χ2n) is 6.28. The molecule has 3 aromatic rings. The number of nitrogens with zero attached hydrogens (tertiary/aromatic N) is 1. The van der Waals surface area contributed by atoms with E-state index in [9.17, 15) is 4.79 Å². The fourth-order valence-corrected chi connectivity index (χ4v) is 2.98. The largest absolute Gasteiger partial charge is 0.494 e. The molecule has 0 amide bonds. The Balaban J connectivity index is 1.71. The molecule has 1 N–H and O–H groups in total. The Bertz CT molecular complexity index is 852. The number of nitrogens with one attached hydrogen (secondary N) is 1. The number of likely N-dealkylation sites (N-methyl/N-ethyl adjacent to an activating group) is 1. The molecule has 1 unspecified atom stereocenters. The number of carbonyl (C=O) groups excluding carboxylic acids is 1. The molecule has 2 aromatic carbocycles. The van der Waals surface area contributed by atoms with Crippen molar-refractivity contribution in [3.8, 4) is 5.75 Å². The molecular weight excluding hydrogens is 312 g/mol. The SMILES string of the molecule is CCOc1ccc(CN(C)C(C)C(=O)c2c[nH]c3ccccc23)cc1. The Labute approximate surface area is 148 Å². The molecule has 1 heterocycles. The molecule has 0 saturated heterocycles. The van der Waals surface area contributed by atoms with Gasteiger partial charge in [0.1, 0.15) is 5.75 Å². The second kappa shape index (κ2) is 7.53. The minimum atomic E-state index is -0.203. The minimum Gasteiger partial charge on any atom is -0.494 e. The predicted octanol–water partition coefficient (Wildman–Crippen LogP) is 4.27. The Morgan fingerprint density at radius 3 is 2.60 bits per heavy atom. The van der Waals surface area contributed by atoms with Crippen LogP contribution in [0, 0.1) is 0 Å². The van der Waals surface area contributed by atoms with Crippen molar-refractivity contribution >= 4 is 16.7 Å². The van der Waals surface area contributed by atoms with Gasteiger partial charge in [0.15, 0.2) is 5.78 Å². The van der Waals surface area contributed by atoms with Crippen LogP contribution in [0.15, 0.2) is 54.7 Å². The molecule has 130 valence electrons. The number of aromatic nitrogens is 1. The number of hydrogen-bond acceptors (Lipinski definition) is 3. The molecule has 1 atom stereocenters. The van der Waals surface area contributed by atoms with Gasteiger partial charge in [0.2, 0.25) is 0 Å². The Kier molecular flexibility index (Phi) is 5.19. The monoisotopic (exact) mass is 336 g/mol. The lowest BCUT2D eigenvalue weighted by Crippen LogP contribution is -2.35. The van der Waals surface area contributed by atoms with Gasteiger partial charge in [0.25, 0.3) is 0 Å². The van der Waals surface area contributed by atoms with Crippen LogP contribution in [0.4, 0.5) is 0 Å². The van der Waals surface area contributed by atoms with E-state index < -0.39 is 0 Å². The molecule has 1 aromatic heterocycles. The number of para-hydroxylation sites is 1. The first-order valence-corrected chi connectivity index (χ1v) is 8.62. The molecule has 0 aliphatic carbocycles. The Hall–Kier alpha value is -2.59. The van der Waals surface area contributed by atoms with Gasteiger partial charge in [0, 0.05) is 29.2 Å². The third-order valence-electron chi connectivity index (χ3n) is 4.56. The van der Waals surface area contributed by atoms with Gasteiger partial charge in [-0.3, -0.25) is 9.69 Å². The molecule has 0 aliphatic heterocycles. The van der Waals surface area contributed by atoms with Crippen LogP contribution in [-0.2, 0) is 6.54 Å². The molecule has 0 fully saturated rings. The van der Waals surface area contributed by atoms with E-state index in [1.165, 1.54) is 0 Å². The summed E-state index contributed by atoms with van der Waals surface area (Å²) in [5.41, 5.74) is 2.90. The minimum absolute atomic E-state index is 0.130. The van der Waals surface area contributed by atoms with E-state index in [0.29, 0.717) is 13.2 Å². The maximum atomic E-state index is 12.9. The fraction of sp³-hybridized carbons (Fsp3) is 0.286. The summed E-state index contributed by atoms with van der Waals surface area (Å²) in [5, 5.41) is 0.980. The maximum Gasteiger partial charge on any atom is 0.181 e. The topological polar surface area (TPSA) is 45.3 Å². The number of carbonyl (C=O) groups is 1. The molecule has 0 saturated carbocycles. The third kappa shape index (κ3) is 3.74. The van der Waals surface area contributed by atoms with Crippen LogP contribution < -0.4 is 4.74 Å². The molecule has 4 nitrogen and oxygen atoms in total. The summed E-state index contributed by atoms with van der Waals surface area (Å²) < 4.78 is 5.47. The van der Waals surface area contributed by atoms with Gasteiger partial charge in [-0.15, -0.1) is 0 Å². The molecule has 0 bridgehead atoms. The highest BCUT2D eigenvalue weighted by molar-refractivity contribution is 6.10. The number of rotatable bonds is 7. The van der Waals surface area contributed by atoms with Crippen molar-refractivity contribution in [2.45, 2.75) is 26.4 Å². The highest BCUT2D eigenvalue weighted by Crippen LogP contribution is 2.21. The van der Waals surface area contributed by atoms with E-state index in [1.54, 1.807) is 0 Å². The van der Waals surface area contributed by atoms with Crippen molar-refractivity contribution in [2.24, 2.45) is 0 Å². The number of hydrogen-bond donors (Lipinski definition) is 1. The van der Waals surface area contributed by atoms with Crippen LogP contribution in [0.25, 0.3) is 10.9 Å². The van der Waals surface area contributed by atoms with E-state index in [0.717, 1.165) is 27.8 Å². The number of H-pyrrole nitrogens is 1. The maximum absolute atomic E-state index is 12.9. The van der Waals surface area contributed by atoms with E-state index in [4.69, 9.17) is 4.74 Å². The lowest BCUT2D eigenvalue weighted by molar-refractivity contribution is 0.0864. The standard InChI is InChI=1S/C21H24N2O2/c1-4-25-17-11-9-16(10-12-17)14-23(3)15(2)21(24)19-13-22-20-8-6-5-7-18(19)20/h5-13,15,22H,4,14H2,1-3H3. The van der Waals surface area contributed by atoms with Gasteiger partial charge >= 0.3 is 0 Å². The number of aromatic amines is 1. The van der Waals surface area contributed by atoms with E-state index in [1.807, 2.05) is 75.6 Å². The Morgan fingerprint density at radius 2 is 1.88 bits per heavy atom. The van der Waals surface area contributed by atoms with Gasteiger partial charge in [-0.2, -0.15) is 0 Å². The number of ether oxygens (including phenoxy) is 1. The number of fused-ring (bicyclic) bond motifs is 1. The molecule has 0 spiro atoms. The number of ketones is 1. The quantitative estimate of drug-likeness (QED) is 0.655. The zero-order valence-corrected chi connectivity index (χ0v) is 15.0. The molecule has 0 radical (unpaired) electrons. The summed E-state index contributed by atoms with van der Waals surface area (Å²) >= 11 is 0. The van der Waals surface area contributed by atoms with Crippen molar-refractivity contribution in [3.63, 3.8) is 0 Å². The highest BCUT2D eigenvalue weighted by Gasteiger charge is 2.22. The smallest absolute Gasteiger partial charge is 0.181 e. The van der Waals surface area contributed by atoms with Crippen LogP contribution in [0.2, 0.25) is 0 Å². The first-order chi connectivity index (χ1) is 12.1. The van der Waals surface area contributed by atoms with Gasteiger partial charge in [-0.1, -0.05) is 30.3 Å². The summed E-state index contributed by atoms with van der Waals surface area (Å²) in [6, 6.07) is 15.7. The Morgan fingerprint density at radius 1 is 1.16 bits per heavy atom. The normalized spacial score (nSPS) is 12.5. The van der Waals surface area contributed by atoms with Crippen LogP contribution in [-0.4, -0.2) is 35.4 Å². The summed E-state index contributed by atoms with van der Waals surface area (Å²) in [4.78, 5) is 18.2. The van der Waals surface area contributed by atoms with E-state index in [-0.39, 0.29) is 11.8 Å². The van der Waals surface area contributed by atoms with Crippen LogP contribution in [0.3, 0.4) is 0 Å². The lowest BCUT2D eigenvalue weighted by Gasteiger charge is -2.23. The van der Waals surface area contributed by atoms with Gasteiger partial charge < -0.3 is 9.72 Å². The molecular formula is C21H24N2O2. The number of benzene rings is 2. The van der Waals surface area contributed by atoms with Crippen molar-refractivity contribution in [1.82, 2.24) is 9.88 Å². The summed E-state index contributed by atoms with van der Waals surface area (Å²) in [6.07, 6.45) is 1.81. The zero-order chi connectivity index (χ0) is 17.8. The predicted molar refractivity (Wildman–Crippen MR) is 101 cm³/mol. The molecule has 25 heavy (non-hydrogen) atoms. The van der Waals surface area contributed by atoms with Crippen LogP contribution in [0.5, 0.6) is 5.75 Å². The summed E-state index contributed by atoms with van der Waals surface area (Å²) in [7, 11) is 1.98. The van der Waals surface area contributed by atoms with Crippen LogP contribution in [0.1, 0.15) is 29.8 Å². The van der Waals surface area contributed by atoms with Gasteiger partial charge in [0.05, 0.1) is 12.6 Å². The zero-order valence-electron chi connectivity index (χ0n) is 15.0. The van der Waals surface area contributed by atoms with Crippen molar-refractivity contribution < 1.29 is 9.53 Å². The van der Waals surface area contributed by atoms with Gasteiger partial charge in [-0.05, 0) is 44.7 Å². The van der Waals surface area contributed by atoms with Crippen molar-refractivity contribution in [1.29, 1.82) is 0 Å². The fourth-order valence-electron chi connectivity index (χ4n) is 2.98. The van der Waals surface area contributed by atoms with E-state index in [2.05, 4.69) is 9.88 Å². The summed E-state index contributed by atoms with van der Waals surface area (Å²) in [6.45, 7) is 5.30. The van der Waals surface area contributed by atoms with Crippen molar-refractivity contribution in [2.75, 3.05) is 13.7 Å². The van der Waals surface area contributed by atoms with Crippen molar-refractivity contribution in [3.05, 3.63) is 65.9 Å². The average molecular weight is 336 g/mol. The number of Topliss-reactive ketones (excluding diaryl/α,β-unsaturated/α-hetero) is 1. The lowest BCUT2D eigenvalue weighted by atomic mass is 10.0. The third-order valence-corrected chi connectivity index (χ3v) is 4.56. The molecule has 4 heteroatoms. The molecule has 0 aliphatic rings. The molecule has 3 rings (SSSR count). The van der Waals surface area contributed by atoms with E-state index >= 15 is 0 Å². The summed E-state index contributed by atoms with van der Waals surface area (Å²) in [5.74, 6) is 1.00. The first-order valence-electron chi connectivity index (χ1n) is 8.62. The first kappa shape index (κ1) is 17.2. The van der Waals surface area contributed by atoms with Gasteiger partial charge in [-0.25, -0.2) is 0 Å². The average Bonchev–Trinajstić information content (AvgIpc) is 3.06.